The van der Waals surface area contributed by atoms with Crippen molar-refractivity contribution in [2.24, 2.45) is 0 Å². The Bertz CT molecular complexity index is 763. The van der Waals surface area contributed by atoms with Gasteiger partial charge in [0.05, 0.1) is 11.0 Å². The summed E-state index contributed by atoms with van der Waals surface area (Å²) in [6, 6.07) is 5.41. The van der Waals surface area contributed by atoms with Gasteiger partial charge in [0.25, 0.3) is 5.56 Å². The Labute approximate surface area is 106 Å². The molecule has 0 unspecified atom stereocenters. The molecule has 3 aromatic rings. The van der Waals surface area contributed by atoms with E-state index in [1.807, 2.05) is 6.07 Å². The number of fused-ring (bicyclic) bond motifs is 1. The molecular weight excluding hydrogens is 250 g/mol. The zero-order valence-corrected chi connectivity index (χ0v) is 9.99. The van der Waals surface area contributed by atoms with Crippen LogP contribution in [0.3, 0.4) is 0 Å². The van der Waals surface area contributed by atoms with Crippen molar-refractivity contribution in [1.82, 2.24) is 19.9 Å². The van der Waals surface area contributed by atoms with Crippen LogP contribution in [0.5, 0.6) is 0 Å². The minimum Gasteiger partial charge on any atom is -0.399 e. The van der Waals surface area contributed by atoms with Crippen LogP contribution in [0.25, 0.3) is 11.0 Å². The molecule has 3 rings (SSSR count). The van der Waals surface area contributed by atoms with Crippen molar-refractivity contribution in [2.45, 2.75) is 10.2 Å². The van der Waals surface area contributed by atoms with Gasteiger partial charge in [-0.3, -0.25) is 4.79 Å². The van der Waals surface area contributed by atoms with Crippen LogP contribution < -0.4 is 11.3 Å². The molecule has 6 nitrogen and oxygen atoms in total. The van der Waals surface area contributed by atoms with Crippen molar-refractivity contribution in [3.63, 3.8) is 0 Å². The van der Waals surface area contributed by atoms with Crippen LogP contribution in [0.15, 0.2) is 45.6 Å². The summed E-state index contributed by atoms with van der Waals surface area (Å²) in [4.78, 5) is 25.5. The van der Waals surface area contributed by atoms with Crippen molar-refractivity contribution in [3.8, 4) is 0 Å². The summed E-state index contributed by atoms with van der Waals surface area (Å²) in [6.07, 6.45) is 3.02. The minimum atomic E-state index is -0.234. The Kier molecular flexibility index (Phi) is 2.52. The first-order chi connectivity index (χ1) is 8.72. The number of imidazole rings is 1. The number of aromatic nitrogens is 4. The van der Waals surface area contributed by atoms with Crippen LogP contribution in [0.4, 0.5) is 5.69 Å². The van der Waals surface area contributed by atoms with Gasteiger partial charge in [0, 0.05) is 18.1 Å². The maximum Gasteiger partial charge on any atom is 0.280 e. The molecule has 18 heavy (non-hydrogen) atoms. The molecule has 90 valence electrons. The fraction of sp³-hybridized carbons (Fsp3) is 0. The van der Waals surface area contributed by atoms with Gasteiger partial charge in [-0.05, 0) is 30.0 Å². The average Bonchev–Trinajstić information content (AvgIpc) is 2.73. The van der Waals surface area contributed by atoms with Crippen molar-refractivity contribution in [2.75, 3.05) is 5.73 Å². The molecule has 0 radical (unpaired) electrons. The Hall–Kier alpha value is -2.28. The highest BCUT2D eigenvalue weighted by molar-refractivity contribution is 7.99. The molecule has 7 heteroatoms. The van der Waals surface area contributed by atoms with E-state index in [0.717, 1.165) is 11.0 Å². The number of hydrogen-bond donors (Lipinski definition) is 3. The molecule has 0 aliphatic rings. The second-order valence-corrected chi connectivity index (χ2v) is 4.62. The molecule has 0 amide bonds. The highest BCUT2D eigenvalue weighted by Crippen LogP contribution is 2.24. The van der Waals surface area contributed by atoms with E-state index in [1.54, 1.807) is 12.1 Å². The molecule has 0 bridgehead atoms. The van der Waals surface area contributed by atoms with E-state index in [0.29, 0.717) is 15.9 Å². The largest absolute Gasteiger partial charge is 0.399 e. The number of aromatic amines is 2. The third-order valence-electron chi connectivity index (χ3n) is 2.35. The van der Waals surface area contributed by atoms with E-state index in [2.05, 4.69) is 19.9 Å². The molecule has 0 fully saturated rings. The van der Waals surface area contributed by atoms with Gasteiger partial charge in [-0.15, -0.1) is 0 Å². The fourth-order valence-electron chi connectivity index (χ4n) is 1.55. The Morgan fingerprint density at radius 1 is 1.33 bits per heavy atom. The van der Waals surface area contributed by atoms with E-state index in [-0.39, 0.29) is 5.56 Å². The number of nitrogens with one attached hydrogen (secondary N) is 2. The summed E-state index contributed by atoms with van der Waals surface area (Å²) in [7, 11) is 0. The second kappa shape index (κ2) is 4.19. The molecule has 0 spiro atoms. The van der Waals surface area contributed by atoms with Gasteiger partial charge >= 0.3 is 0 Å². The summed E-state index contributed by atoms with van der Waals surface area (Å²) in [5, 5.41) is 0.962. The lowest BCUT2D eigenvalue weighted by Crippen LogP contribution is -2.08. The molecule has 2 aromatic heterocycles. The van der Waals surface area contributed by atoms with Crippen LogP contribution in [-0.2, 0) is 0 Å². The lowest BCUT2D eigenvalue weighted by Gasteiger charge is -1.93. The van der Waals surface area contributed by atoms with Gasteiger partial charge in [0.1, 0.15) is 0 Å². The number of anilines is 1. The summed E-state index contributed by atoms with van der Waals surface area (Å²) in [5.41, 5.74) is 7.76. The molecule has 2 heterocycles. The zero-order valence-electron chi connectivity index (χ0n) is 9.18. The Morgan fingerprint density at radius 3 is 3.06 bits per heavy atom. The Morgan fingerprint density at radius 2 is 2.22 bits per heavy atom. The van der Waals surface area contributed by atoms with Crippen molar-refractivity contribution >= 4 is 28.5 Å². The van der Waals surface area contributed by atoms with Crippen LogP contribution >= 0.6 is 11.8 Å². The third-order valence-corrected chi connectivity index (χ3v) is 3.22. The standard InChI is InChI=1S/C11H9N5OS/c12-6-1-2-7-8(5-6)16-11(15-7)18-10-9(17)13-3-4-14-10/h1-5H,12H2,(H,13,17)(H,15,16). The summed E-state index contributed by atoms with van der Waals surface area (Å²) in [5.74, 6) is 0. The quantitative estimate of drug-likeness (QED) is 0.604. The normalized spacial score (nSPS) is 10.9. The summed E-state index contributed by atoms with van der Waals surface area (Å²) in [6.45, 7) is 0. The smallest absolute Gasteiger partial charge is 0.280 e. The van der Waals surface area contributed by atoms with E-state index < -0.39 is 0 Å². The molecule has 0 saturated carbocycles. The first-order valence-corrected chi connectivity index (χ1v) is 6.01. The van der Waals surface area contributed by atoms with Gasteiger partial charge in [-0.25, -0.2) is 9.97 Å². The first kappa shape index (κ1) is 10.8. The Balaban J connectivity index is 2.01. The molecule has 0 atom stereocenters. The van der Waals surface area contributed by atoms with Gasteiger partial charge in [-0.2, -0.15) is 0 Å². The molecule has 4 N–H and O–H groups in total. The van der Waals surface area contributed by atoms with Gasteiger partial charge in [0.15, 0.2) is 10.2 Å². The van der Waals surface area contributed by atoms with E-state index in [4.69, 9.17) is 5.73 Å². The molecule has 0 aliphatic heterocycles. The summed E-state index contributed by atoms with van der Waals surface area (Å²) >= 11 is 1.18. The van der Waals surface area contributed by atoms with E-state index >= 15 is 0 Å². The zero-order chi connectivity index (χ0) is 12.5. The van der Waals surface area contributed by atoms with Crippen LogP contribution in [0, 0.1) is 0 Å². The molecule has 1 aromatic carbocycles. The van der Waals surface area contributed by atoms with Gasteiger partial charge in [0.2, 0.25) is 0 Å². The van der Waals surface area contributed by atoms with Gasteiger partial charge in [-0.1, -0.05) is 0 Å². The van der Waals surface area contributed by atoms with Gasteiger partial charge < -0.3 is 15.7 Å². The summed E-state index contributed by atoms with van der Waals surface area (Å²) < 4.78 is 0. The van der Waals surface area contributed by atoms with E-state index in [1.165, 1.54) is 24.2 Å². The second-order valence-electron chi connectivity index (χ2n) is 3.64. The lowest BCUT2D eigenvalue weighted by molar-refractivity contribution is 0.982. The van der Waals surface area contributed by atoms with E-state index in [9.17, 15) is 4.79 Å². The molecule has 0 aliphatic carbocycles. The number of nitrogens with two attached hydrogens (primary N) is 1. The minimum absolute atomic E-state index is 0.234. The predicted octanol–water partition coefficient (Wildman–Crippen LogP) is 1.38. The van der Waals surface area contributed by atoms with Crippen LogP contribution in [0.2, 0.25) is 0 Å². The number of hydrogen-bond acceptors (Lipinski definition) is 5. The van der Waals surface area contributed by atoms with Crippen LogP contribution in [-0.4, -0.2) is 19.9 Å². The average molecular weight is 259 g/mol. The number of H-pyrrole nitrogens is 2. The number of nitrogen functional groups attached to an aromatic ring is 1. The van der Waals surface area contributed by atoms with Crippen molar-refractivity contribution in [3.05, 3.63) is 40.9 Å². The predicted molar refractivity (Wildman–Crippen MR) is 69.5 cm³/mol. The number of rotatable bonds is 2. The maximum atomic E-state index is 11.5. The number of nitrogens with zero attached hydrogens (tertiary/aromatic N) is 2. The number of benzene rings is 1. The highest BCUT2D eigenvalue weighted by atomic mass is 32.2. The lowest BCUT2D eigenvalue weighted by atomic mass is 10.3. The SMILES string of the molecule is Nc1ccc2nc(Sc3ncc[nH]c3=O)[nH]c2c1. The van der Waals surface area contributed by atoms with Crippen molar-refractivity contribution < 1.29 is 0 Å². The third kappa shape index (κ3) is 1.95. The molecular formula is C11H9N5OS. The fourth-order valence-corrected chi connectivity index (χ4v) is 2.31. The first-order valence-electron chi connectivity index (χ1n) is 5.19. The van der Waals surface area contributed by atoms with Crippen LogP contribution in [0.1, 0.15) is 0 Å². The highest BCUT2D eigenvalue weighted by Gasteiger charge is 2.08. The maximum absolute atomic E-state index is 11.5. The van der Waals surface area contributed by atoms with Crippen molar-refractivity contribution in [1.29, 1.82) is 0 Å². The molecule has 0 saturated heterocycles. The monoisotopic (exact) mass is 259 g/mol. The topological polar surface area (TPSA) is 100 Å².